The Kier molecular flexibility index (Phi) is 3.45. The molecule has 0 unspecified atom stereocenters. The van der Waals surface area contributed by atoms with Gasteiger partial charge in [-0.15, -0.1) is 0 Å². The molecule has 4 heteroatoms. The van der Waals surface area contributed by atoms with Crippen LogP contribution in [0.5, 0.6) is 0 Å². The summed E-state index contributed by atoms with van der Waals surface area (Å²) in [6, 6.07) is 18.3. The molecule has 4 nitrogen and oxygen atoms in total. The Bertz CT molecular complexity index is 865. The maximum Gasteiger partial charge on any atom is 0.272 e. The second-order valence-corrected chi connectivity index (χ2v) is 6.36. The average molecular weight is 317 g/mol. The first kappa shape index (κ1) is 14.7. The van der Waals surface area contributed by atoms with Crippen LogP contribution < -0.4 is 5.32 Å². The van der Waals surface area contributed by atoms with Gasteiger partial charge >= 0.3 is 0 Å². The van der Waals surface area contributed by atoms with Gasteiger partial charge in [0.1, 0.15) is 5.69 Å². The molecule has 2 aromatic carbocycles. The molecule has 1 aliphatic rings. The van der Waals surface area contributed by atoms with Crippen LogP contribution >= 0.6 is 0 Å². The van der Waals surface area contributed by atoms with E-state index in [1.807, 2.05) is 44.3 Å². The summed E-state index contributed by atoms with van der Waals surface area (Å²) in [5.74, 6) is -0.147. The van der Waals surface area contributed by atoms with Crippen LogP contribution in [0.15, 0.2) is 60.8 Å². The normalized spacial score (nSPS) is 13.0. The van der Waals surface area contributed by atoms with E-state index in [0.717, 1.165) is 11.1 Å². The Morgan fingerprint density at radius 3 is 2.12 bits per heavy atom. The smallest absolute Gasteiger partial charge is 0.272 e. The fourth-order valence-electron chi connectivity index (χ4n) is 3.26. The number of nitrogens with one attached hydrogen (secondary N) is 1. The molecule has 0 bridgehead atoms. The quantitative estimate of drug-likeness (QED) is 0.794. The first-order valence-corrected chi connectivity index (χ1v) is 8.19. The number of hydrogen-bond donors (Lipinski definition) is 1. The topological polar surface area (TPSA) is 46.9 Å². The summed E-state index contributed by atoms with van der Waals surface area (Å²) >= 11 is 0. The lowest BCUT2D eigenvalue weighted by atomic mass is 10.1. The van der Waals surface area contributed by atoms with Gasteiger partial charge in [0.05, 0.1) is 6.04 Å². The molecule has 24 heavy (non-hydrogen) atoms. The molecule has 0 spiro atoms. The molecular formula is C20H19N3O. The summed E-state index contributed by atoms with van der Waals surface area (Å²) in [5.41, 5.74) is 5.09. The van der Waals surface area contributed by atoms with E-state index in [-0.39, 0.29) is 18.0 Å². The molecule has 0 radical (unpaired) electrons. The van der Waals surface area contributed by atoms with Crippen molar-refractivity contribution in [2.24, 2.45) is 0 Å². The van der Waals surface area contributed by atoms with Crippen LogP contribution in [-0.4, -0.2) is 15.7 Å². The van der Waals surface area contributed by atoms with E-state index >= 15 is 0 Å². The second kappa shape index (κ2) is 5.64. The molecule has 1 N–H and O–H groups in total. The molecule has 1 aliphatic carbocycles. The molecule has 0 atom stereocenters. The average Bonchev–Trinajstić information content (AvgIpc) is 3.20. The van der Waals surface area contributed by atoms with Crippen molar-refractivity contribution >= 4 is 5.91 Å². The third-order valence-electron chi connectivity index (χ3n) is 4.48. The maximum absolute atomic E-state index is 12.7. The van der Waals surface area contributed by atoms with Gasteiger partial charge in [0.25, 0.3) is 5.91 Å². The van der Waals surface area contributed by atoms with Gasteiger partial charge in [-0.1, -0.05) is 48.5 Å². The Morgan fingerprint density at radius 2 is 1.58 bits per heavy atom. The van der Waals surface area contributed by atoms with E-state index in [1.54, 1.807) is 10.7 Å². The molecule has 0 saturated heterocycles. The fourth-order valence-corrected chi connectivity index (χ4v) is 3.26. The Morgan fingerprint density at radius 1 is 1.00 bits per heavy atom. The molecule has 1 amide bonds. The van der Waals surface area contributed by atoms with Crippen molar-refractivity contribution in [3.63, 3.8) is 0 Å². The van der Waals surface area contributed by atoms with Gasteiger partial charge < -0.3 is 5.32 Å². The maximum atomic E-state index is 12.7. The highest BCUT2D eigenvalue weighted by atomic mass is 16.2. The second-order valence-electron chi connectivity index (χ2n) is 6.36. The van der Waals surface area contributed by atoms with Gasteiger partial charge in [-0.2, -0.15) is 5.10 Å². The number of amides is 1. The molecule has 4 rings (SSSR count). The van der Waals surface area contributed by atoms with Gasteiger partial charge in [0.15, 0.2) is 0 Å². The number of benzene rings is 2. The van der Waals surface area contributed by atoms with E-state index in [9.17, 15) is 4.79 Å². The molecule has 120 valence electrons. The minimum atomic E-state index is -0.147. The first-order chi connectivity index (χ1) is 11.6. The summed E-state index contributed by atoms with van der Waals surface area (Å²) in [4.78, 5) is 12.7. The number of rotatable bonds is 3. The summed E-state index contributed by atoms with van der Waals surface area (Å²) in [6.07, 6.45) is 1.84. The Labute approximate surface area is 141 Å². The standard InChI is InChI=1S/C20H19N3O/c1-13(2)23-12-11-18(22-23)20(24)21-19-16-9-5-3-7-14(16)15-8-4-6-10-17(15)19/h3-13,19H,1-2H3,(H,21,24). The van der Waals surface area contributed by atoms with Gasteiger partial charge in [-0.05, 0) is 42.2 Å². The number of hydrogen-bond acceptors (Lipinski definition) is 2. The molecule has 0 fully saturated rings. The van der Waals surface area contributed by atoms with Gasteiger partial charge in [-0.3, -0.25) is 9.48 Å². The minimum absolute atomic E-state index is 0.130. The fraction of sp³-hybridized carbons (Fsp3) is 0.200. The van der Waals surface area contributed by atoms with E-state index in [1.165, 1.54) is 11.1 Å². The molecule has 0 aliphatic heterocycles. The third-order valence-corrected chi connectivity index (χ3v) is 4.48. The van der Waals surface area contributed by atoms with Crippen molar-refractivity contribution < 1.29 is 4.79 Å². The van der Waals surface area contributed by atoms with Crippen molar-refractivity contribution in [3.05, 3.63) is 77.6 Å². The van der Waals surface area contributed by atoms with Crippen LogP contribution in [0.1, 0.15) is 47.5 Å². The largest absolute Gasteiger partial charge is 0.340 e. The van der Waals surface area contributed by atoms with E-state index in [4.69, 9.17) is 0 Å². The van der Waals surface area contributed by atoms with Crippen LogP contribution in [0.2, 0.25) is 0 Å². The molecule has 1 aromatic heterocycles. The Balaban J connectivity index is 1.68. The predicted molar refractivity (Wildman–Crippen MR) is 93.8 cm³/mol. The van der Waals surface area contributed by atoms with Crippen molar-refractivity contribution in [2.45, 2.75) is 25.9 Å². The zero-order chi connectivity index (χ0) is 16.7. The number of fused-ring (bicyclic) bond motifs is 3. The third kappa shape index (κ3) is 2.31. The summed E-state index contributed by atoms with van der Waals surface area (Å²) in [7, 11) is 0. The van der Waals surface area contributed by atoms with E-state index in [0.29, 0.717) is 5.69 Å². The SMILES string of the molecule is CC(C)n1ccc(C(=O)NC2c3ccccc3-c3ccccc32)n1. The van der Waals surface area contributed by atoms with Crippen LogP contribution in [0.25, 0.3) is 11.1 Å². The molecule has 1 heterocycles. The number of aromatic nitrogens is 2. The van der Waals surface area contributed by atoms with Crippen molar-refractivity contribution in [2.75, 3.05) is 0 Å². The highest BCUT2D eigenvalue weighted by Gasteiger charge is 2.29. The Hall–Kier alpha value is -2.88. The van der Waals surface area contributed by atoms with Crippen LogP contribution in [0.4, 0.5) is 0 Å². The monoisotopic (exact) mass is 317 g/mol. The zero-order valence-electron chi connectivity index (χ0n) is 13.7. The van der Waals surface area contributed by atoms with Gasteiger partial charge in [0, 0.05) is 12.2 Å². The predicted octanol–water partition coefficient (Wildman–Crippen LogP) is 3.96. The van der Waals surface area contributed by atoms with E-state index in [2.05, 4.69) is 34.7 Å². The van der Waals surface area contributed by atoms with Crippen molar-refractivity contribution in [3.8, 4) is 11.1 Å². The van der Waals surface area contributed by atoms with Crippen LogP contribution in [0.3, 0.4) is 0 Å². The number of nitrogens with zero attached hydrogens (tertiary/aromatic N) is 2. The van der Waals surface area contributed by atoms with E-state index < -0.39 is 0 Å². The van der Waals surface area contributed by atoms with Crippen LogP contribution in [0, 0.1) is 0 Å². The lowest BCUT2D eigenvalue weighted by Gasteiger charge is -2.15. The van der Waals surface area contributed by atoms with Gasteiger partial charge in [0.2, 0.25) is 0 Å². The highest BCUT2D eigenvalue weighted by molar-refractivity contribution is 5.94. The molecular weight excluding hydrogens is 298 g/mol. The highest BCUT2D eigenvalue weighted by Crippen LogP contribution is 2.43. The lowest BCUT2D eigenvalue weighted by molar-refractivity contribution is 0.0937. The first-order valence-electron chi connectivity index (χ1n) is 8.19. The molecule has 3 aromatic rings. The number of carbonyl (C=O) groups is 1. The summed E-state index contributed by atoms with van der Waals surface area (Å²) in [6.45, 7) is 4.08. The van der Waals surface area contributed by atoms with Gasteiger partial charge in [-0.25, -0.2) is 0 Å². The zero-order valence-corrected chi connectivity index (χ0v) is 13.7. The number of carbonyl (C=O) groups excluding carboxylic acids is 1. The lowest BCUT2D eigenvalue weighted by Crippen LogP contribution is -2.28. The van der Waals surface area contributed by atoms with Crippen molar-refractivity contribution in [1.29, 1.82) is 0 Å². The minimum Gasteiger partial charge on any atom is -0.340 e. The van der Waals surface area contributed by atoms with Crippen molar-refractivity contribution in [1.82, 2.24) is 15.1 Å². The molecule has 0 saturated carbocycles. The van der Waals surface area contributed by atoms with Crippen LogP contribution in [-0.2, 0) is 0 Å². The summed E-state index contributed by atoms with van der Waals surface area (Å²) < 4.78 is 1.80. The summed E-state index contributed by atoms with van der Waals surface area (Å²) in [5, 5.41) is 7.51.